The highest BCUT2D eigenvalue weighted by molar-refractivity contribution is 5.90. The number of benzene rings is 1. The molecular weight excluding hydrogens is 260 g/mol. The first-order valence-corrected chi connectivity index (χ1v) is 6.31. The van der Waals surface area contributed by atoms with Crippen LogP contribution in [0.15, 0.2) is 36.7 Å². The highest BCUT2D eigenvalue weighted by Crippen LogP contribution is 2.17. The molecule has 6 nitrogen and oxygen atoms in total. The van der Waals surface area contributed by atoms with E-state index in [0.29, 0.717) is 18.1 Å². The van der Waals surface area contributed by atoms with Crippen molar-refractivity contribution in [2.75, 3.05) is 13.2 Å². The Kier molecular flexibility index (Phi) is 4.60. The second-order valence-corrected chi connectivity index (χ2v) is 4.03. The van der Waals surface area contributed by atoms with Crippen LogP contribution in [0, 0.1) is 0 Å². The highest BCUT2D eigenvalue weighted by Gasteiger charge is 2.09. The van der Waals surface area contributed by atoms with Crippen LogP contribution in [0.5, 0.6) is 11.5 Å². The van der Waals surface area contributed by atoms with Gasteiger partial charge in [-0.05, 0) is 19.1 Å². The first kappa shape index (κ1) is 13.9. The minimum atomic E-state index is -1.01. The van der Waals surface area contributed by atoms with Crippen molar-refractivity contribution in [3.63, 3.8) is 0 Å². The van der Waals surface area contributed by atoms with E-state index in [1.807, 2.05) is 6.92 Å². The molecule has 0 aliphatic carbocycles. The lowest BCUT2D eigenvalue weighted by Gasteiger charge is -2.09. The summed E-state index contributed by atoms with van der Waals surface area (Å²) in [5.41, 5.74) is 0.145. The van der Waals surface area contributed by atoms with Gasteiger partial charge >= 0.3 is 5.97 Å². The van der Waals surface area contributed by atoms with Gasteiger partial charge in [0.15, 0.2) is 5.75 Å². The maximum atomic E-state index is 11.0. The normalized spacial score (nSPS) is 10.2. The molecule has 0 unspecified atom stereocenters. The minimum absolute atomic E-state index is 0.145. The van der Waals surface area contributed by atoms with Gasteiger partial charge in [0.2, 0.25) is 0 Å². The number of hydrogen-bond acceptors (Lipinski definition) is 4. The third-order valence-corrected chi connectivity index (χ3v) is 2.66. The molecule has 0 amide bonds. The van der Waals surface area contributed by atoms with Gasteiger partial charge in [-0.1, -0.05) is 12.1 Å². The molecule has 2 aromatic rings. The van der Waals surface area contributed by atoms with E-state index in [2.05, 4.69) is 5.10 Å². The summed E-state index contributed by atoms with van der Waals surface area (Å²) in [5, 5.41) is 13.1. The average Bonchev–Trinajstić information content (AvgIpc) is 2.92. The van der Waals surface area contributed by atoms with Crippen LogP contribution in [0.2, 0.25) is 0 Å². The van der Waals surface area contributed by atoms with Crippen LogP contribution in [0.4, 0.5) is 0 Å². The standard InChI is InChI=1S/C14H16N2O4/c1-2-16-10-11(9-15-16)19-7-8-20-13-6-4-3-5-12(13)14(17)18/h3-6,9-10H,2,7-8H2,1H3,(H,17,18). The molecule has 0 aliphatic heterocycles. The molecule has 1 heterocycles. The number of carbonyl (C=O) groups is 1. The van der Waals surface area contributed by atoms with Crippen LogP contribution < -0.4 is 9.47 Å². The zero-order valence-electron chi connectivity index (χ0n) is 11.2. The molecule has 106 valence electrons. The third-order valence-electron chi connectivity index (χ3n) is 2.66. The van der Waals surface area contributed by atoms with Gasteiger partial charge in [-0.15, -0.1) is 0 Å². The lowest BCUT2D eigenvalue weighted by molar-refractivity contribution is 0.0691. The van der Waals surface area contributed by atoms with Gasteiger partial charge in [0.1, 0.15) is 24.5 Å². The number of rotatable bonds is 7. The van der Waals surface area contributed by atoms with Crippen LogP contribution in [-0.2, 0) is 6.54 Å². The number of ether oxygens (including phenoxy) is 2. The second kappa shape index (κ2) is 6.60. The number of aromatic nitrogens is 2. The first-order chi connectivity index (χ1) is 9.70. The monoisotopic (exact) mass is 276 g/mol. The van der Waals surface area contributed by atoms with E-state index in [0.717, 1.165) is 6.54 Å². The van der Waals surface area contributed by atoms with Crippen LogP contribution in [-0.4, -0.2) is 34.1 Å². The zero-order valence-corrected chi connectivity index (χ0v) is 11.2. The molecule has 20 heavy (non-hydrogen) atoms. The maximum Gasteiger partial charge on any atom is 0.339 e. The van der Waals surface area contributed by atoms with Crippen LogP contribution in [0.3, 0.4) is 0 Å². The Labute approximate surface area is 116 Å². The summed E-state index contributed by atoms with van der Waals surface area (Å²) in [5.74, 6) is 0.000522. The van der Waals surface area contributed by atoms with Crippen molar-refractivity contribution in [3.8, 4) is 11.5 Å². The van der Waals surface area contributed by atoms with Gasteiger partial charge in [-0.3, -0.25) is 4.68 Å². The van der Waals surface area contributed by atoms with Crippen molar-refractivity contribution in [3.05, 3.63) is 42.2 Å². The number of hydrogen-bond donors (Lipinski definition) is 1. The minimum Gasteiger partial charge on any atom is -0.489 e. The van der Waals surface area contributed by atoms with E-state index >= 15 is 0 Å². The molecule has 0 saturated carbocycles. The van der Waals surface area contributed by atoms with Crippen molar-refractivity contribution in [1.82, 2.24) is 9.78 Å². The van der Waals surface area contributed by atoms with Gasteiger partial charge < -0.3 is 14.6 Å². The Morgan fingerprint density at radius 1 is 1.30 bits per heavy atom. The van der Waals surface area contributed by atoms with Crippen molar-refractivity contribution in [1.29, 1.82) is 0 Å². The molecule has 6 heteroatoms. The Morgan fingerprint density at radius 3 is 2.75 bits per heavy atom. The number of aryl methyl sites for hydroxylation is 1. The summed E-state index contributed by atoms with van der Waals surface area (Å²) in [6.45, 7) is 3.36. The van der Waals surface area contributed by atoms with E-state index in [4.69, 9.17) is 14.6 Å². The second-order valence-electron chi connectivity index (χ2n) is 4.03. The molecule has 1 aromatic carbocycles. The number of carboxylic acid groups (broad SMARTS) is 1. The van der Waals surface area contributed by atoms with E-state index in [1.54, 1.807) is 35.3 Å². The molecule has 0 atom stereocenters. The highest BCUT2D eigenvalue weighted by atomic mass is 16.5. The fourth-order valence-corrected chi connectivity index (χ4v) is 1.67. The van der Waals surface area contributed by atoms with Gasteiger partial charge in [-0.2, -0.15) is 5.10 Å². The summed E-state index contributed by atoms with van der Waals surface area (Å²) in [7, 11) is 0. The smallest absolute Gasteiger partial charge is 0.339 e. The summed E-state index contributed by atoms with van der Waals surface area (Å²) >= 11 is 0. The molecule has 2 rings (SSSR count). The fourth-order valence-electron chi connectivity index (χ4n) is 1.67. The van der Waals surface area contributed by atoms with E-state index in [-0.39, 0.29) is 12.2 Å². The van der Waals surface area contributed by atoms with E-state index < -0.39 is 5.97 Å². The number of nitrogens with zero attached hydrogens (tertiary/aromatic N) is 2. The number of para-hydroxylation sites is 1. The van der Waals surface area contributed by atoms with Crippen molar-refractivity contribution in [2.24, 2.45) is 0 Å². The van der Waals surface area contributed by atoms with Crippen LogP contribution in [0.1, 0.15) is 17.3 Å². The Balaban J connectivity index is 1.83. The molecule has 1 N–H and O–H groups in total. The maximum absolute atomic E-state index is 11.0. The molecule has 0 radical (unpaired) electrons. The van der Waals surface area contributed by atoms with Gasteiger partial charge in [0, 0.05) is 6.54 Å². The summed E-state index contributed by atoms with van der Waals surface area (Å²) < 4.78 is 12.6. The van der Waals surface area contributed by atoms with Gasteiger partial charge in [0.25, 0.3) is 0 Å². The summed E-state index contributed by atoms with van der Waals surface area (Å²) in [6.07, 6.45) is 3.43. The summed E-state index contributed by atoms with van der Waals surface area (Å²) in [4.78, 5) is 11.0. The number of aromatic carboxylic acids is 1. The molecule has 0 bridgehead atoms. The average molecular weight is 276 g/mol. The van der Waals surface area contributed by atoms with E-state index in [1.165, 1.54) is 6.07 Å². The van der Waals surface area contributed by atoms with Crippen LogP contribution >= 0.6 is 0 Å². The van der Waals surface area contributed by atoms with Crippen molar-refractivity contribution < 1.29 is 19.4 Å². The van der Waals surface area contributed by atoms with E-state index in [9.17, 15) is 4.79 Å². The lowest BCUT2D eigenvalue weighted by atomic mass is 10.2. The largest absolute Gasteiger partial charge is 0.489 e. The molecule has 0 fully saturated rings. The number of carboxylic acids is 1. The summed E-state index contributed by atoms with van der Waals surface area (Å²) in [6, 6.07) is 6.52. The predicted octanol–water partition coefficient (Wildman–Crippen LogP) is 2.06. The first-order valence-electron chi connectivity index (χ1n) is 6.31. The van der Waals surface area contributed by atoms with Gasteiger partial charge in [0.05, 0.1) is 12.4 Å². The van der Waals surface area contributed by atoms with Gasteiger partial charge in [-0.25, -0.2) is 4.79 Å². The molecular formula is C14H16N2O4. The molecule has 1 aromatic heterocycles. The topological polar surface area (TPSA) is 73.6 Å². The van der Waals surface area contributed by atoms with Crippen molar-refractivity contribution in [2.45, 2.75) is 13.5 Å². The molecule has 0 aliphatic rings. The third kappa shape index (κ3) is 3.50. The Hall–Kier alpha value is -2.50. The predicted molar refractivity (Wildman–Crippen MR) is 72.3 cm³/mol. The molecule has 0 spiro atoms. The SMILES string of the molecule is CCn1cc(OCCOc2ccccc2C(=O)O)cn1. The van der Waals surface area contributed by atoms with Crippen LogP contribution in [0.25, 0.3) is 0 Å². The lowest BCUT2D eigenvalue weighted by Crippen LogP contribution is -2.11. The van der Waals surface area contributed by atoms with Crippen molar-refractivity contribution >= 4 is 5.97 Å². The molecule has 0 saturated heterocycles. The zero-order chi connectivity index (χ0) is 14.4. The fraction of sp³-hybridized carbons (Fsp3) is 0.286. The Morgan fingerprint density at radius 2 is 2.05 bits per heavy atom. The Bertz CT molecular complexity index is 580. The quantitative estimate of drug-likeness (QED) is 0.783.